The number of thiophene rings is 1. The molecule has 0 atom stereocenters. The first kappa shape index (κ1) is 31.2. The van der Waals surface area contributed by atoms with Gasteiger partial charge in [0.1, 0.15) is 0 Å². The van der Waals surface area contributed by atoms with Crippen molar-refractivity contribution < 1.29 is 0 Å². The van der Waals surface area contributed by atoms with Gasteiger partial charge in [-0.05, 0) is 63.5 Å². The summed E-state index contributed by atoms with van der Waals surface area (Å²) in [5, 5.41) is 9.69. The monoisotopic (exact) mass is 730 g/mol. The molecule has 1 aliphatic heterocycles. The Bertz CT molecular complexity index is 3380. The van der Waals surface area contributed by atoms with Gasteiger partial charge in [-0.25, -0.2) is 15.0 Å². The van der Waals surface area contributed by atoms with E-state index in [0.717, 1.165) is 33.2 Å². The van der Waals surface area contributed by atoms with Crippen LogP contribution in [0, 0.1) is 0 Å². The fourth-order valence-electron chi connectivity index (χ4n) is 8.71. The van der Waals surface area contributed by atoms with Crippen LogP contribution in [-0.2, 0) is 0 Å². The number of hydrogen-bond donors (Lipinski definition) is 0. The summed E-state index contributed by atoms with van der Waals surface area (Å²) in [6.45, 7) is 0. The number of fused-ring (bicyclic) bond motifs is 8. The molecule has 12 rings (SSSR count). The minimum absolute atomic E-state index is 0.644. The fourth-order valence-corrected chi connectivity index (χ4v) is 9.86. The molecule has 0 unspecified atom stereocenters. The Balaban J connectivity index is 1.09. The number of benzene rings is 9. The summed E-state index contributed by atoms with van der Waals surface area (Å²) in [5.41, 5.74) is 8.84. The van der Waals surface area contributed by atoms with E-state index >= 15 is 0 Å². The van der Waals surface area contributed by atoms with E-state index in [-0.39, 0.29) is 0 Å². The van der Waals surface area contributed by atoms with Crippen LogP contribution in [0.2, 0.25) is 0 Å². The van der Waals surface area contributed by atoms with Gasteiger partial charge in [0.2, 0.25) is 0 Å². The molecule has 0 bridgehead atoms. The number of nitrogens with zero attached hydrogens (tertiary/aromatic N) is 4. The molecule has 3 heterocycles. The fraction of sp³-hybridized carbons (Fsp3) is 0. The topological polar surface area (TPSA) is 41.9 Å². The zero-order chi connectivity index (χ0) is 36.7. The predicted octanol–water partition coefficient (Wildman–Crippen LogP) is 14.2. The van der Waals surface area contributed by atoms with Gasteiger partial charge in [-0.1, -0.05) is 146 Å². The van der Waals surface area contributed by atoms with Gasteiger partial charge in [0.25, 0.3) is 0 Å². The first-order valence-electron chi connectivity index (χ1n) is 18.9. The number of anilines is 3. The van der Waals surface area contributed by atoms with Crippen LogP contribution >= 0.6 is 11.3 Å². The number of aromatic nitrogens is 3. The Kier molecular flexibility index (Phi) is 6.76. The second kappa shape index (κ2) is 12.2. The highest BCUT2D eigenvalue weighted by Crippen LogP contribution is 2.54. The van der Waals surface area contributed by atoms with Crippen molar-refractivity contribution in [1.82, 2.24) is 15.0 Å². The Morgan fingerprint density at radius 1 is 0.357 bits per heavy atom. The first-order chi connectivity index (χ1) is 27.8. The van der Waals surface area contributed by atoms with Crippen LogP contribution in [0.15, 0.2) is 182 Å². The zero-order valence-corrected chi connectivity index (χ0v) is 30.8. The highest BCUT2D eigenvalue weighted by Gasteiger charge is 2.29. The van der Waals surface area contributed by atoms with Crippen LogP contribution in [-0.4, -0.2) is 15.0 Å². The molecule has 260 valence electrons. The molecular formula is C51H30N4S. The molecule has 0 saturated carbocycles. The van der Waals surface area contributed by atoms with Crippen LogP contribution in [0.3, 0.4) is 0 Å². The molecule has 9 aromatic carbocycles. The molecule has 0 fully saturated rings. The molecular weight excluding hydrogens is 701 g/mol. The third kappa shape index (κ3) is 4.68. The maximum absolute atomic E-state index is 5.25. The van der Waals surface area contributed by atoms with Crippen LogP contribution in [0.25, 0.3) is 97.8 Å². The molecule has 56 heavy (non-hydrogen) atoms. The van der Waals surface area contributed by atoms with Gasteiger partial charge in [0.15, 0.2) is 17.5 Å². The van der Waals surface area contributed by atoms with Gasteiger partial charge in [-0.2, -0.15) is 0 Å². The Morgan fingerprint density at radius 3 is 1.89 bits per heavy atom. The SMILES string of the molecule is c1ccc(-c2nc(-c3ccc4c(c3)sc3ccccc34)nc(-c3ccc(N4c5ccc6ccccc6c5-c5cccc6cccc4c56)c4ccccc34)n2)cc1. The third-order valence-corrected chi connectivity index (χ3v) is 12.4. The van der Waals surface area contributed by atoms with E-state index < -0.39 is 0 Å². The molecule has 0 amide bonds. The van der Waals surface area contributed by atoms with Crippen molar-refractivity contribution in [2.24, 2.45) is 0 Å². The Labute approximate surface area is 326 Å². The van der Waals surface area contributed by atoms with Gasteiger partial charge in [-0.3, -0.25) is 0 Å². The predicted molar refractivity (Wildman–Crippen MR) is 235 cm³/mol. The summed E-state index contributed by atoms with van der Waals surface area (Å²) < 4.78 is 2.49. The van der Waals surface area contributed by atoms with Crippen LogP contribution in [0.5, 0.6) is 0 Å². The van der Waals surface area contributed by atoms with E-state index in [2.05, 4.69) is 169 Å². The standard InChI is InChI=1S/C51H30N4S/c1-2-13-33(14-3-1)49-52-50(34-24-26-39-38-20-8-9-23-45(38)56-46(39)30-34)54-51(53-49)40-27-29-42(37-19-7-6-18-36(37)40)55-43-22-11-16-32-15-10-21-41(47(32)43)48-35-17-5-4-12-31(35)25-28-44(48)55/h1-30H. The lowest BCUT2D eigenvalue weighted by Crippen LogP contribution is -2.15. The second-order valence-corrected chi connectivity index (χ2v) is 15.4. The largest absolute Gasteiger partial charge is 0.309 e. The molecule has 4 nitrogen and oxygen atoms in total. The van der Waals surface area contributed by atoms with Crippen molar-refractivity contribution in [3.8, 4) is 45.3 Å². The van der Waals surface area contributed by atoms with Gasteiger partial charge >= 0.3 is 0 Å². The van der Waals surface area contributed by atoms with E-state index in [1.807, 2.05) is 18.2 Å². The molecule has 0 N–H and O–H groups in total. The van der Waals surface area contributed by atoms with E-state index in [4.69, 9.17) is 15.0 Å². The van der Waals surface area contributed by atoms with Crippen molar-refractivity contribution in [3.05, 3.63) is 182 Å². The summed E-state index contributed by atoms with van der Waals surface area (Å²) in [4.78, 5) is 18.0. The summed E-state index contributed by atoms with van der Waals surface area (Å²) >= 11 is 1.80. The third-order valence-electron chi connectivity index (χ3n) is 11.2. The number of rotatable bonds is 4. The first-order valence-corrected chi connectivity index (χ1v) is 19.7. The Morgan fingerprint density at radius 2 is 1.02 bits per heavy atom. The van der Waals surface area contributed by atoms with Crippen molar-refractivity contribution in [2.75, 3.05) is 4.90 Å². The molecule has 2 aromatic heterocycles. The van der Waals surface area contributed by atoms with Crippen molar-refractivity contribution >= 4 is 80.9 Å². The molecule has 1 aliphatic rings. The van der Waals surface area contributed by atoms with E-state index in [1.165, 1.54) is 64.2 Å². The Hall–Kier alpha value is -7.21. The van der Waals surface area contributed by atoms with Crippen LogP contribution in [0.4, 0.5) is 17.1 Å². The molecule has 0 spiro atoms. The minimum atomic E-state index is 0.644. The lowest BCUT2D eigenvalue weighted by Gasteiger charge is -2.35. The summed E-state index contributed by atoms with van der Waals surface area (Å²) in [6.07, 6.45) is 0. The molecule has 5 heteroatoms. The van der Waals surface area contributed by atoms with Crippen molar-refractivity contribution in [3.63, 3.8) is 0 Å². The summed E-state index contributed by atoms with van der Waals surface area (Å²) in [7, 11) is 0. The second-order valence-electron chi connectivity index (χ2n) is 14.4. The quantitative estimate of drug-likeness (QED) is 0.181. The highest BCUT2D eigenvalue weighted by molar-refractivity contribution is 7.25. The highest BCUT2D eigenvalue weighted by atomic mass is 32.1. The van der Waals surface area contributed by atoms with Gasteiger partial charge in [-0.15, -0.1) is 11.3 Å². The van der Waals surface area contributed by atoms with Crippen molar-refractivity contribution in [1.29, 1.82) is 0 Å². The smallest absolute Gasteiger partial charge is 0.164 e. The van der Waals surface area contributed by atoms with Crippen LogP contribution < -0.4 is 4.90 Å². The van der Waals surface area contributed by atoms with E-state index in [0.29, 0.717) is 17.5 Å². The summed E-state index contributed by atoms with van der Waals surface area (Å²) in [5.74, 6) is 1.95. The van der Waals surface area contributed by atoms with Gasteiger partial charge < -0.3 is 4.90 Å². The van der Waals surface area contributed by atoms with E-state index in [1.54, 1.807) is 11.3 Å². The maximum Gasteiger partial charge on any atom is 0.164 e. The molecule has 0 saturated heterocycles. The summed E-state index contributed by atoms with van der Waals surface area (Å²) in [6, 6.07) is 65.1. The van der Waals surface area contributed by atoms with Crippen LogP contribution in [0.1, 0.15) is 0 Å². The van der Waals surface area contributed by atoms with Crippen molar-refractivity contribution in [2.45, 2.75) is 0 Å². The zero-order valence-electron chi connectivity index (χ0n) is 30.0. The maximum atomic E-state index is 5.25. The normalized spacial score (nSPS) is 12.2. The molecule has 0 aliphatic carbocycles. The molecule has 11 aromatic rings. The minimum Gasteiger partial charge on any atom is -0.309 e. The van der Waals surface area contributed by atoms with Gasteiger partial charge in [0.05, 0.1) is 17.1 Å². The lowest BCUT2D eigenvalue weighted by atomic mass is 9.87. The average Bonchev–Trinajstić information content (AvgIpc) is 3.64. The molecule has 0 radical (unpaired) electrons. The lowest BCUT2D eigenvalue weighted by molar-refractivity contribution is 1.08. The van der Waals surface area contributed by atoms with E-state index in [9.17, 15) is 0 Å². The van der Waals surface area contributed by atoms with Gasteiger partial charge in [0, 0.05) is 53.2 Å². The number of hydrogen-bond acceptors (Lipinski definition) is 5. The average molecular weight is 731 g/mol.